The van der Waals surface area contributed by atoms with Crippen LogP contribution in [0.2, 0.25) is 0 Å². The fourth-order valence-electron chi connectivity index (χ4n) is 2.36. The van der Waals surface area contributed by atoms with Crippen molar-refractivity contribution in [1.29, 1.82) is 0 Å². The van der Waals surface area contributed by atoms with Gasteiger partial charge in [-0.25, -0.2) is 4.79 Å². The van der Waals surface area contributed by atoms with Crippen molar-refractivity contribution in [3.63, 3.8) is 0 Å². The van der Waals surface area contributed by atoms with E-state index < -0.39 is 5.97 Å². The van der Waals surface area contributed by atoms with E-state index in [0.29, 0.717) is 13.2 Å². The van der Waals surface area contributed by atoms with Crippen LogP contribution in [-0.2, 0) is 22.6 Å². The summed E-state index contributed by atoms with van der Waals surface area (Å²) in [6.45, 7) is 4.92. The average Bonchev–Trinajstić information content (AvgIpc) is 3.02. The fourth-order valence-corrected chi connectivity index (χ4v) is 2.36. The van der Waals surface area contributed by atoms with Gasteiger partial charge in [0.15, 0.2) is 0 Å². The number of carbonyl (C=O) groups excluding carboxylic acids is 1. The van der Waals surface area contributed by atoms with E-state index in [1.807, 2.05) is 18.2 Å². The first-order chi connectivity index (χ1) is 11.1. The maximum Gasteiger partial charge on any atom is 0.373 e. The zero-order valence-electron chi connectivity index (χ0n) is 13.9. The number of benzene rings is 1. The highest BCUT2D eigenvalue weighted by Crippen LogP contribution is 2.15. The van der Waals surface area contributed by atoms with Crippen LogP contribution in [0.3, 0.4) is 0 Å². The number of hydrogen-bond donors (Lipinski definition) is 0. The van der Waals surface area contributed by atoms with Crippen LogP contribution in [0.15, 0.2) is 40.8 Å². The quantitative estimate of drug-likeness (QED) is 0.701. The maximum absolute atomic E-state index is 11.5. The van der Waals surface area contributed by atoms with Crippen LogP contribution in [0.25, 0.3) is 0 Å². The van der Waals surface area contributed by atoms with E-state index in [2.05, 4.69) is 28.7 Å². The molecular weight excluding hydrogens is 294 g/mol. The molecule has 0 amide bonds. The highest BCUT2D eigenvalue weighted by Gasteiger charge is 2.14. The number of ether oxygens (including phenoxy) is 2. The van der Waals surface area contributed by atoms with Crippen molar-refractivity contribution in [3.8, 4) is 0 Å². The van der Waals surface area contributed by atoms with Gasteiger partial charge in [-0.05, 0) is 30.2 Å². The largest absolute Gasteiger partial charge is 0.463 e. The number of rotatable bonds is 8. The summed E-state index contributed by atoms with van der Waals surface area (Å²) >= 11 is 0. The van der Waals surface area contributed by atoms with E-state index in [1.54, 1.807) is 13.2 Å². The molecule has 0 aliphatic heterocycles. The summed E-state index contributed by atoms with van der Waals surface area (Å²) in [5, 5.41) is 0. The van der Waals surface area contributed by atoms with Crippen molar-refractivity contribution in [2.24, 2.45) is 0 Å². The Bertz CT molecular complexity index is 635. The van der Waals surface area contributed by atoms with Crippen molar-refractivity contribution in [3.05, 3.63) is 59.0 Å². The Balaban J connectivity index is 2.07. The van der Waals surface area contributed by atoms with Gasteiger partial charge in [0.2, 0.25) is 5.76 Å². The van der Waals surface area contributed by atoms with Crippen LogP contribution in [0.1, 0.15) is 27.4 Å². The number of nitrogens with zero attached hydrogens (tertiary/aromatic N) is 1. The molecule has 0 bridgehead atoms. The molecule has 23 heavy (non-hydrogen) atoms. The lowest BCUT2D eigenvalue weighted by atomic mass is 10.1. The van der Waals surface area contributed by atoms with Crippen LogP contribution in [-0.4, -0.2) is 38.2 Å². The Kier molecular flexibility index (Phi) is 6.38. The van der Waals surface area contributed by atoms with Gasteiger partial charge in [0.1, 0.15) is 5.76 Å². The zero-order chi connectivity index (χ0) is 16.7. The number of carbonyl (C=O) groups is 1. The van der Waals surface area contributed by atoms with Gasteiger partial charge in [-0.15, -0.1) is 0 Å². The normalized spacial score (nSPS) is 11.0. The number of furan rings is 1. The summed E-state index contributed by atoms with van der Waals surface area (Å²) in [5.74, 6) is 0.499. The highest BCUT2D eigenvalue weighted by atomic mass is 16.5. The molecule has 2 aromatic rings. The number of aryl methyl sites for hydroxylation is 1. The number of methoxy groups -OCH3 is 2. The van der Waals surface area contributed by atoms with Gasteiger partial charge in [-0.2, -0.15) is 0 Å². The molecule has 124 valence electrons. The highest BCUT2D eigenvalue weighted by molar-refractivity contribution is 5.86. The molecule has 0 aliphatic rings. The van der Waals surface area contributed by atoms with Crippen LogP contribution in [0.5, 0.6) is 0 Å². The molecule has 0 N–H and O–H groups in total. The van der Waals surface area contributed by atoms with Crippen LogP contribution >= 0.6 is 0 Å². The zero-order valence-corrected chi connectivity index (χ0v) is 13.9. The van der Waals surface area contributed by atoms with E-state index in [1.165, 1.54) is 18.2 Å². The third kappa shape index (κ3) is 4.94. The maximum atomic E-state index is 11.5. The molecule has 1 heterocycles. The first kappa shape index (κ1) is 17.2. The van der Waals surface area contributed by atoms with Gasteiger partial charge in [0.25, 0.3) is 0 Å². The summed E-state index contributed by atoms with van der Waals surface area (Å²) in [7, 11) is 3.03. The van der Waals surface area contributed by atoms with Crippen molar-refractivity contribution in [2.75, 3.05) is 27.4 Å². The molecule has 0 saturated heterocycles. The lowest BCUT2D eigenvalue weighted by Gasteiger charge is -2.22. The summed E-state index contributed by atoms with van der Waals surface area (Å²) in [5.41, 5.74) is 2.52. The lowest BCUT2D eigenvalue weighted by Crippen LogP contribution is -2.26. The molecule has 0 aliphatic carbocycles. The van der Waals surface area contributed by atoms with Crippen LogP contribution < -0.4 is 0 Å². The third-order valence-corrected chi connectivity index (χ3v) is 3.69. The number of hydrogen-bond acceptors (Lipinski definition) is 5. The first-order valence-corrected chi connectivity index (χ1v) is 7.57. The van der Waals surface area contributed by atoms with E-state index >= 15 is 0 Å². The molecule has 0 atom stereocenters. The fraction of sp³-hybridized carbons (Fsp3) is 0.389. The predicted octanol–water partition coefficient (Wildman–Crippen LogP) is 3.02. The van der Waals surface area contributed by atoms with Crippen molar-refractivity contribution in [2.45, 2.75) is 20.0 Å². The summed E-state index contributed by atoms with van der Waals surface area (Å²) in [6.07, 6.45) is 0. The Morgan fingerprint density at radius 1 is 1.13 bits per heavy atom. The lowest BCUT2D eigenvalue weighted by molar-refractivity contribution is 0.0560. The minimum Gasteiger partial charge on any atom is -0.463 e. The molecule has 1 aromatic heterocycles. The minimum atomic E-state index is -0.460. The second-order valence-corrected chi connectivity index (χ2v) is 5.39. The smallest absolute Gasteiger partial charge is 0.373 e. The van der Waals surface area contributed by atoms with E-state index in [-0.39, 0.29) is 5.76 Å². The van der Waals surface area contributed by atoms with Crippen LogP contribution in [0.4, 0.5) is 0 Å². The molecule has 0 saturated carbocycles. The molecule has 2 rings (SSSR count). The van der Waals surface area contributed by atoms with Gasteiger partial charge in [0.05, 0.1) is 20.3 Å². The SMILES string of the molecule is COCCN(Cc1ccc(C(=O)OC)o1)Cc1ccccc1C. The molecule has 5 nitrogen and oxygen atoms in total. The Hall–Kier alpha value is -2.11. The van der Waals surface area contributed by atoms with Gasteiger partial charge in [-0.1, -0.05) is 24.3 Å². The molecular formula is C18H23NO4. The van der Waals surface area contributed by atoms with Gasteiger partial charge in [0, 0.05) is 20.2 Å². The topological polar surface area (TPSA) is 51.9 Å². The monoisotopic (exact) mass is 317 g/mol. The molecule has 1 aromatic carbocycles. The van der Waals surface area contributed by atoms with Gasteiger partial charge >= 0.3 is 5.97 Å². The summed E-state index contributed by atoms with van der Waals surface area (Å²) in [6, 6.07) is 11.8. The van der Waals surface area contributed by atoms with Crippen LogP contribution in [0, 0.1) is 6.92 Å². The third-order valence-electron chi connectivity index (χ3n) is 3.69. The molecule has 0 unspecified atom stereocenters. The summed E-state index contributed by atoms with van der Waals surface area (Å²) < 4.78 is 15.4. The molecule has 0 radical (unpaired) electrons. The molecule has 5 heteroatoms. The van der Waals surface area contributed by atoms with Crippen molar-refractivity contribution < 1.29 is 18.7 Å². The predicted molar refractivity (Wildman–Crippen MR) is 87.2 cm³/mol. The number of esters is 1. The standard InChI is InChI=1S/C18H23NO4/c1-14-6-4-5-7-15(14)12-19(10-11-21-2)13-16-8-9-17(23-16)18(20)22-3/h4-9H,10-13H2,1-3H3. The van der Waals surface area contributed by atoms with Crippen molar-refractivity contribution in [1.82, 2.24) is 4.90 Å². The second-order valence-electron chi connectivity index (χ2n) is 5.39. The van der Waals surface area contributed by atoms with Crippen molar-refractivity contribution >= 4 is 5.97 Å². The second kappa shape index (κ2) is 8.50. The Labute approximate surface area is 136 Å². The summed E-state index contributed by atoms with van der Waals surface area (Å²) in [4.78, 5) is 13.7. The first-order valence-electron chi connectivity index (χ1n) is 7.57. The minimum absolute atomic E-state index is 0.227. The Morgan fingerprint density at radius 3 is 2.61 bits per heavy atom. The van der Waals surface area contributed by atoms with E-state index in [4.69, 9.17) is 9.15 Å². The van der Waals surface area contributed by atoms with E-state index in [9.17, 15) is 4.79 Å². The molecule has 0 fully saturated rings. The van der Waals surface area contributed by atoms with Gasteiger partial charge in [-0.3, -0.25) is 4.90 Å². The Morgan fingerprint density at radius 2 is 1.91 bits per heavy atom. The van der Waals surface area contributed by atoms with E-state index in [0.717, 1.165) is 18.8 Å². The average molecular weight is 317 g/mol. The van der Waals surface area contributed by atoms with Gasteiger partial charge < -0.3 is 13.9 Å². The molecule has 0 spiro atoms.